The second-order valence-electron chi connectivity index (χ2n) is 6.75. The van der Waals surface area contributed by atoms with E-state index in [-0.39, 0.29) is 22.9 Å². The number of fused-ring (bicyclic) bond motifs is 1. The molecule has 134 valence electrons. The number of halogens is 1. The van der Waals surface area contributed by atoms with Gasteiger partial charge in [-0.05, 0) is 32.4 Å². The van der Waals surface area contributed by atoms with Crippen LogP contribution in [-0.4, -0.2) is 38.5 Å². The zero-order valence-electron chi connectivity index (χ0n) is 14.6. The topological polar surface area (TPSA) is 70.5 Å². The fourth-order valence-electron chi connectivity index (χ4n) is 3.45. The predicted molar refractivity (Wildman–Crippen MR) is 94.9 cm³/mol. The molecule has 3 aromatic rings. The van der Waals surface area contributed by atoms with E-state index < -0.39 is 5.82 Å². The van der Waals surface area contributed by atoms with Crippen LogP contribution in [0.3, 0.4) is 0 Å². The maximum absolute atomic E-state index is 13.9. The van der Waals surface area contributed by atoms with E-state index in [1.807, 2.05) is 13.0 Å². The van der Waals surface area contributed by atoms with Gasteiger partial charge in [-0.25, -0.2) is 13.9 Å². The molecule has 1 fully saturated rings. The Hall–Kier alpha value is -2.96. The zero-order chi connectivity index (χ0) is 18.4. The van der Waals surface area contributed by atoms with E-state index in [1.54, 1.807) is 24.0 Å². The molecule has 0 aliphatic carbocycles. The maximum atomic E-state index is 13.9. The summed E-state index contributed by atoms with van der Waals surface area (Å²) < 4.78 is 15.3. The van der Waals surface area contributed by atoms with E-state index in [0.29, 0.717) is 30.0 Å². The molecule has 0 bridgehead atoms. The number of nitrogens with zero attached hydrogens (tertiary/aromatic N) is 3. The third-order valence-electron chi connectivity index (χ3n) is 5.12. The molecule has 26 heavy (non-hydrogen) atoms. The first-order valence-electron chi connectivity index (χ1n) is 8.58. The summed E-state index contributed by atoms with van der Waals surface area (Å²) in [4.78, 5) is 31.0. The van der Waals surface area contributed by atoms with E-state index in [9.17, 15) is 14.0 Å². The van der Waals surface area contributed by atoms with E-state index in [4.69, 9.17) is 0 Å². The second kappa shape index (κ2) is 6.09. The number of hydrogen-bond donors (Lipinski definition) is 1. The Morgan fingerprint density at radius 2 is 2.08 bits per heavy atom. The van der Waals surface area contributed by atoms with Crippen molar-refractivity contribution in [3.05, 3.63) is 69.0 Å². The van der Waals surface area contributed by atoms with E-state index in [2.05, 4.69) is 10.1 Å². The molecule has 1 N–H and O–H groups in total. The van der Waals surface area contributed by atoms with Crippen LogP contribution >= 0.6 is 0 Å². The third-order valence-corrected chi connectivity index (χ3v) is 5.12. The van der Waals surface area contributed by atoms with Gasteiger partial charge in [0, 0.05) is 42.0 Å². The van der Waals surface area contributed by atoms with E-state index in [0.717, 1.165) is 12.1 Å². The molecule has 1 saturated heterocycles. The fourth-order valence-corrected chi connectivity index (χ4v) is 3.45. The van der Waals surface area contributed by atoms with Gasteiger partial charge in [-0.1, -0.05) is 12.1 Å². The number of hydrogen-bond acceptors (Lipinski definition) is 3. The lowest BCUT2D eigenvalue weighted by Gasteiger charge is -2.16. The summed E-state index contributed by atoms with van der Waals surface area (Å²) >= 11 is 0. The number of aromatic nitrogens is 3. The number of aromatic amines is 1. The Kier molecular flexibility index (Phi) is 3.86. The van der Waals surface area contributed by atoms with Crippen LogP contribution in [0.15, 0.2) is 35.1 Å². The largest absolute Gasteiger partial charge is 0.338 e. The zero-order valence-corrected chi connectivity index (χ0v) is 14.6. The minimum Gasteiger partial charge on any atom is -0.338 e. The smallest absolute Gasteiger partial charge is 0.275 e. The number of benzene rings is 1. The summed E-state index contributed by atoms with van der Waals surface area (Å²) in [6, 6.07) is 7.88. The van der Waals surface area contributed by atoms with Crippen molar-refractivity contribution in [2.75, 3.05) is 13.1 Å². The highest BCUT2D eigenvalue weighted by Crippen LogP contribution is 2.28. The first-order chi connectivity index (χ1) is 12.5. The van der Waals surface area contributed by atoms with Crippen molar-refractivity contribution in [3.63, 3.8) is 0 Å². The minimum absolute atomic E-state index is 0.0624. The molecule has 1 atom stereocenters. The quantitative estimate of drug-likeness (QED) is 0.768. The van der Waals surface area contributed by atoms with E-state index >= 15 is 0 Å². The Labute approximate surface area is 149 Å². The summed E-state index contributed by atoms with van der Waals surface area (Å²) in [6.07, 6.45) is 0.750. The second-order valence-corrected chi connectivity index (χ2v) is 6.75. The Bertz CT molecular complexity index is 1070. The van der Waals surface area contributed by atoms with Crippen molar-refractivity contribution in [1.29, 1.82) is 0 Å². The van der Waals surface area contributed by atoms with Crippen LogP contribution in [0.25, 0.3) is 5.65 Å². The van der Waals surface area contributed by atoms with Gasteiger partial charge in [0.1, 0.15) is 5.82 Å². The minimum atomic E-state index is -0.506. The van der Waals surface area contributed by atoms with Gasteiger partial charge in [-0.3, -0.25) is 14.7 Å². The van der Waals surface area contributed by atoms with Gasteiger partial charge in [0.15, 0.2) is 5.65 Å². The summed E-state index contributed by atoms with van der Waals surface area (Å²) in [5.41, 5.74) is 2.74. The fraction of sp³-hybridized carbons (Fsp3) is 0.316. The standard InChI is InChI=1S/C19H19FN4O2/c1-11-12(2)21-17-9-16(22-24(17)18(11)25)13-7-8-23(10-13)19(26)14-5-3-4-6-15(14)20/h3-6,9,13,22H,7-8,10H2,1-2H3/t13-/m1/s1. The molecule has 0 radical (unpaired) electrons. The van der Waals surface area contributed by atoms with Crippen molar-refractivity contribution in [3.8, 4) is 0 Å². The molecule has 7 heteroatoms. The van der Waals surface area contributed by atoms with Gasteiger partial charge in [0.2, 0.25) is 0 Å². The number of amides is 1. The number of H-pyrrole nitrogens is 1. The summed E-state index contributed by atoms with van der Waals surface area (Å²) in [5, 5.41) is 3.11. The maximum Gasteiger partial charge on any atom is 0.275 e. The van der Waals surface area contributed by atoms with Gasteiger partial charge < -0.3 is 4.90 Å². The summed E-state index contributed by atoms with van der Waals surface area (Å²) in [5.74, 6) is -0.746. The number of aryl methyl sites for hydroxylation is 1. The monoisotopic (exact) mass is 354 g/mol. The average Bonchev–Trinajstić information content (AvgIpc) is 3.26. The lowest BCUT2D eigenvalue weighted by molar-refractivity contribution is 0.0786. The molecule has 2 aromatic heterocycles. The molecule has 0 spiro atoms. The van der Waals surface area contributed by atoms with Crippen LogP contribution in [0, 0.1) is 19.7 Å². The van der Waals surface area contributed by atoms with Gasteiger partial charge in [-0.15, -0.1) is 0 Å². The van der Waals surface area contributed by atoms with Crippen molar-refractivity contribution in [2.24, 2.45) is 0 Å². The van der Waals surface area contributed by atoms with Gasteiger partial charge >= 0.3 is 0 Å². The molecule has 0 unspecified atom stereocenters. The highest BCUT2D eigenvalue weighted by atomic mass is 19.1. The number of rotatable bonds is 2. The van der Waals surface area contributed by atoms with Crippen molar-refractivity contribution < 1.29 is 9.18 Å². The van der Waals surface area contributed by atoms with Crippen molar-refractivity contribution >= 4 is 11.6 Å². The molecule has 1 aromatic carbocycles. The van der Waals surface area contributed by atoms with Crippen LogP contribution in [0.2, 0.25) is 0 Å². The summed E-state index contributed by atoms with van der Waals surface area (Å²) in [7, 11) is 0. The SMILES string of the molecule is Cc1nc2cc([C@@H]3CCN(C(=O)c4ccccc4F)C3)[nH]n2c(=O)c1C. The van der Waals surface area contributed by atoms with Crippen molar-refractivity contribution in [1.82, 2.24) is 19.5 Å². The number of nitrogens with one attached hydrogen (secondary N) is 1. The Morgan fingerprint density at radius 3 is 2.85 bits per heavy atom. The Morgan fingerprint density at radius 1 is 1.31 bits per heavy atom. The first-order valence-corrected chi connectivity index (χ1v) is 8.58. The summed E-state index contributed by atoms with van der Waals surface area (Å²) in [6.45, 7) is 4.59. The highest BCUT2D eigenvalue weighted by molar-refractivity contribution is 5.94. The molecular weight excluding hydrogens is 335 g/mol. The molecule has 1 aliphatic heterocycles. The third kappa shape index (κ3) is 2.60. The van der Waals surface area contributed by atoms with Gasteiger partial charge in [0.05, 0.1) is 5.56 Å². The normalized spacial score (nSPS) is 17.2. The number of carbonyl (C=O) groups excluding carboxylic acids is 1. The molecule has 1 amide bonds. The molecule has 4 rings (SSSR count). The average molecular weight is 354 g/mol. The van der Waals surface area contributed by atoms with Crippen LogP contribution in [0.5, 0.6) is 0 Å². The van der Waals surface area contributed by atoms with Crippen LogP contribution < -0.4 is 5.56 Å². The van der Waals surface area contributed by atoms with Gasteiger partial charge in [-0.2, -0.15) is 0 Å². The van der Waals surface area contributed by atoms with Crippen LogP contribution in [0.4, 0.5) is 4.39 Å². The lowest BCUT2D eigenvalue weighted by Crippen LogP contribution is -2.29. The molecular formula is C19H19FN4O2. The van der Waals surface area contributed by atoms with Gasteiger partial charge in [0.25, 0.3) is 11.5 Å². The lowest BCUT2D eigenvalue weighted by atomic mass is 10.1. The molecule has 3 heterocycles. The molecule has 1 aliphatic rings. The number of carbonyl (C=O) groups is 1. The van der Waals surface area contributed by atoms with E-state index in [1.165, 1.54) is 16.6 Å². The first kappa shape index (κ1) is 16.5. The Balaban J connectivity index is 1.60. The number of likely N-dealkylation sites (tertiary alicyclic amines) is 1. The van der Waals surface area contributed by atoms with Crippen molar-refractivity contribution in [2.45, 2.75) is 26.2 Å². The highest BCUT2D eigenvalue weighted by Gasteiger charge is 2.30. The molecule has 6 nitrogen and oxygen atoms in total. The van der Waals surface area contributed by atoms with Crippen LogP contribution in [0.1, 0.15) is 39.6 Å². The van der Waals surface area contributed by atoms with Crippen LogP contribution in [-0.2, 0) is 0 Å². The molecule has 0 saturated carbocycles. The predicted octanol–water partition coefficient (Wildman–Crippen LogP) is 2.41.